The van der Waals surface area contributed by atoms with E-state index in [1.165, 1.54) is 19.3 Å². The fraction of sp³-hybridized carbons (Fsp3) is 0.679. The van der Waals surface area contributed by atoms with Gasteiger partial charge in [0, 0.05) is 19.4 Å². The van der Waals surface area contributed by atoms with Crippen molar-refractivity contribution < 1.29 is 19.5 Å². The quantitative estimate of drug-likeness (QED) is 0.182. The zero-order valence-corrected chi connectivity index (χ0v) is 21.2. The van der Waals surface area contributed by atoms with Gasteiger partial charge in [-0.15, -0.1) is 0 Å². The zero-order chi connectivity index (χ0) is 24.9. The Morgan fingerprint density at radius 2 is 1.26 bits per heavy atom. The highest BCUT2D eigenvalue weighted by atomic mass is 16.4. The molecule has 0 unspecified atom stereocenters. The normalized spacial score (nSPS) is 11.7. The highest BCUT2D eigenvalue weighted by Gasteiger charge is 2.22. The van der Waals surface area contributed by atoms with Crippen LogP contribution in [0.25, 0.3) is 0 Å². The van der Waals surface area contributed by atoms with Crippen LogP contribution in [0.5, 0.6) is 0 Å². The highest BCUT2D eigenvalue weighted by Crippen LogP contribution is 2.15. The lowest BCUT2D eigenvalue weighted by Crippen LogP contribution is -2.40. The van der Waals surface area contributed by atoms with Crippen molar-refractivity contribution in [2.24, 2.45) is 0 Å². The Kier molecular flexibility index (Phi) is 17.5. The van der Waals surface area contributed by atoms with Crippen LogP contribution in [0, 0.1) is 0 Å². The largest absolute Gasteiger partial charge is 0.481 e. The van der Waals surface area contributed by atoms with Crippen LogP contribution in [0.2, 0.25) is 0 Å². The van der Waals surface area contributed by atoms with Crippen LogP contribution in [0.15, 0.2) is 30.3 Å². The SMILES string of the molecule is CCCCCCCCC(=O)N[C@@H](C(=O)NCCCCCCCCCCC(=O)O)c1ccccc1. The molecule has 0 aliphatic carbocycles. The molecule has 0 saturated heterocycles. The van der Waals surface area contributed by atoms with Crippen LogP contribution in [-0.4, -0.2) is 29.4 Å². The van der Waals surface area contributed by atoms with Gasteiger partial charge in [-0.2, -0.15) is 0 Å². The van der Waals surface area contributed by atoms with Crippen LogP contribution in [0.1, 0.15) is 121 Å². The smallest absolute Gasteiger partial charge is 0.303 e. The van der Waals surface area contributed by atoms with Gasteiger partial charge >= 0.3 is 5.97 Å². The molecule has 0 heterocycles. The minimum Gasteiger partial charge on any atom is -0.481 e. The van der Waals surface area contributed by atoms with Crippen molar-refractivity contribution in [1.82, 2.24) is 10.6 Å². The topological polar surface area (TPSA) is 95.5 Å². The molecule has 34 heavy (non-hydrogen) atoms. The lowest BCUT2D eigenvalue weighted by atomic mass is 10.0. The summed E-state index contributed by atoms with van der Waals surface area (Å²) in [5.74, 6) is -0.933. The van der Waals surface area contributed by atoms with Gasteiger partial charge in [-0.05, 0) is 24.8 Å². The first-order valence-electron chi connectivity index (χ1n) is 13.4. The molecule has 2 amide bonds. The van der Waals surface area contributed by atoms with Crippen molar-refractivity contribution in [1.29, 1.82) is 0 Å². The summed E-state index contributed by atoms with van der Waals surface area (Å²) in [7, 11) is 0. The lowest BCUT2D eigenvalue weighted by molar-refractivity contribution is -0.137. The molecule has 1 atom stereocenters. The molecule has 1 aromatic carbocycles. The standard InChI is InChI=1S/C28H46N2O4/c1-2-3-4-5-10-16-21-25(31)30-27(24-19-14-13-15-20-24)28(34)29-23-18-12-9-7-6-8-11-17-22-26(32)33/h13-15,19-20,27H,2-12,16-18,21-23H2,1H3,(H,29,34)(H,30,31)(H,32,33)/t27-/m1/s1. The third kappa shape index (κ3) is 15.5. The van der Waals surface area contributed by atoms with Gasteiger partial charge in [0.05, 0.1) is 0 Å². The lowest BCUT2D eigenvalue weighted by Gasteiger charge is -2.19. The third-order valence-electron chi connectivity index (χ3n) is 6.07. The summed E-state index contributed by atoms with van der Waals surface area (Å²) in [4.78, 5) is 35.8. The van der Waals surface area contributed by atoms with E-state index >= 15 is 0 Å². The molecular weight excluding hydrogens is 428 g/mol. The van der Waals surface area contributed by atoms with E-state index in [2.05, 4.69) is 17.6 Å². The van der Waals surface area contributed by atoms with E-state index in [0.717, 1.165) is 76.2 Å². The Bertz CT molecular complexity index is 678. The van der Waals surface area contributed by atoms with Gasteiger partial charge in [0.2, 0.25) is 11.8 Å². The van der Waals surface area contributed by atoms with Gasteiger partial charge in [-0.25, -0.2) is 0 Å². The summed E-state index contributed by atoms with van der Waals surface area (Å²) in [5.41, 5.74) is 0.805. The Balaban J connectivity index is 2.27. The molecular formula is C28H46N2O4. The number of carboxylic acids is 1. The van der Waals surface area contributed by atoms with Gasteiger partial charge in [0.25, 0.3) is 0 Å². The number of amides is 2. The molecule has 1 aromatic rings. The number of aliphatic carboxylic acids is 1. The summed E-state index contributed by atoms with van der Waals surface area (Å²) >= 11 is 0. The second kappa shape index (κ2) is 20.0. The molecule has 6 nitrogen and oxygen atoms in total. The predicted octanol–water partition coefficient (Wildman–Crippen LogP) is 6.31. The Labute approximate surface area is 206 Å². The number of rotatable bonds is 21. The van der Waals surface area contributed by atoms with Gasteiger partial charge < -0.3 is 15.7 Å². The maximum Gasteiger partial charge on any atom is 0.303 e. The van der Waals surface area contributed by atoms with E-state index in [4.69, 9.17) is 5.11 Å². The Morgan fingerprint density at radius 1 is 0.735 bits per heavy atom. The molecule has 6 heteroatoms. The molecule has 3 N–H and O–H groups in total. The molecule has 0 bridgehead atoms. The van der Waals surface area contributed by atoms with Gasteiger partial charge in [-0.3, -0.25) is 14.4 Å². The molecule has 1 rings (SSSR count). The Hall–Kier alpha value is -2.37. The van der Waals surface area contributed by atoms with Crippen molar-refractivity contribution in [3.63, 3.8) is 0 Å². The van der Waals surface area contributed by atoms with Crippen LogP contribution < -0.4 is 10.6 Å². The summed E-state index contributed by atoms with van der Waals surface area (Å²) < 4.78 is 0. The first-order valence-corrected chi connectivity index (χ1v) is 13.4. The number of unbranched alkanes of at least 4 members (excludes halogenated alkanes) is 12. The molecule has 0 fully saturated rings. The van der Waals surface area contributed by atoms with Crippen molar-refractivity contribution in [3.8, 4) is 0 Å². The number of carbonyl (C=O) groups excluding carboxylic acids is 2. The number of nitrogens with one attached hydrogen (secondary N) is 2. The Morgan fingerprint density at radius 3 is 1.85 bits per heavy atom. The van der Waals surface area contributed by atoms with E-state index in [9.17, 15) is 14.4 Å². The third-order valence-corrected chi connectivity index (χ3v) is 6.07. The van der Waals surface area contributed by atoms with Crippen LogP contribution in [-0.2, 0) is 14.4 Å². The minimum absolute atomic E-state index is 0.0668. The highest BCUT2D eigenvalue weighted by molar-refractivity contribution is 5.88. The number of carbonyl (C=O) groups is 3. The van der Waals surface area contributed by atoms with E-state index in [1.807, 2.05) is 30.3 Å². The summed E-state index contributed by atoms with van der Waals surface area (Å²) in [5, 5.41) is 14.6. The molecule has 0 aliphatic heterocycles. The second-order valence-corrected chi connectivity index (χ2v) is 9.19. The van der Waals surface area contributed by atoms with E-state index in [1.54, 1.807) is 0 Å². The molecule has 0 aliphatic rings. The number of carboxylic acid groups (broad SMARTS) is 1. The molecule has 0 aromatic heterocycles. The van der Waals surface area contributed by atoms with Crippen molar-refractivity contribution in [2.75, 3.05) is 6.54 Å². The first-order chi connectivity index (χ1) is 16.5. The monoisotopic (exact) mass is 474 g/mol. The van der Waals surface area contributed by atoms with Gasteiger partial charge in [0.15, 0.2) is 0 Å². The number of hydrogen-bond donors (Lipinski definition) is 3. The number of hydrogen-bond acceptors (Lipinski definition) is 3. The maximum absolute atomic E-state index is 12.8. The van der Waals surface area contributed by atoms with E-state index in [0.29, 0.717) is 13.0 Å². The fourth-order valence-corrected chi connectivity index (χ4v) is 4.02. The van der Waals surface area contributed by atoms with E-state index in [-0.39, 0.29) is 18.2 Å². The summed E-state index contributed by atoms with van der Waals surface area (Å²) in [6.45, 7) is 2.80. The predicted molar refractivity (Wildman–Crippen MR) is 138 cm³/mol. The summed E-state index contributed by atoms with van der Waals surface area (Å²) in [6, 6.07) is 8.79. The first kappa shape index (κ1) is 29.7. The second-order valence-electron chi connectivity index (χ2n) is 9.19. The van der Waals surface area contributed by atoms with Crippen molar-refractivity contribution in [3.05, 3.63) is 35.9 Å². The van der Waals surface area contributed by atoms with Crippen LogP contribution in [0.3, 0.4) is 0 Å². The number of benzene rings is 1. The minimum atomic E-state index is -0.714. The average molecular weight is 475 g/mol. The van der Waals surface area contributed by atoms with Crippen LogP contribution >= 0.6 is 0 Å². The average Bonchev–Trinajstić information content (AvgIpc) is 2.83. The van der Waals surface area contributed by atoms with Crippen molar-refractivity contribution >= 4 is 17.8 Å². The maximum atomic E-state index is 12.8. The molecule has 0 radical (unpaired) electrons. The zero-order valence-electron chi connectivity index (χ0n) is 21.2. The molecule has 0 spiro atoms. The molecule has 0 saturated carbocycles. The summed E-state index contributed by atoms with van der Waals surface area (Å²) in [6.07, 6.45) is 15.7. The van der Waals surface area contributed by atoms with Crippen LogP contribution in [0.4, 0.5) is 0 Å². The fourth-order valence-electron chi connectivity index (χ4n) is 4.02. The van der Waals surface area contributed by atoms with Crippen molar-refractivity contribution in [2.45, 2.75) is 116 Å². The van der Waals surface area contributed by atoms with E-state index < -0.39 is 12.0 Å². The van der Waals surface area contributed by atoms with Gasteiger partial charge in [-0.1, -0.05) is 108 Å². The molecule has 192 valence electrons. The van der Waals surface area contributed by atoms with Gasteiger partial charge in [0.1, 0.15) is 6.04 Å².